The van der Waals surface area contributed by atoms with Crippen LogP contribution in [0.25, 0.3) is 11.0 Å². The molecule has 5 nitrogen and oxygen atoms in total. The van der Waals surface area contributed by atoms with Crippen molar-refractivity contribution in [3.63, 3.8) is 0 Å². The lowest BCUT2D eigenvalue weighted by atomic mass is 9.98. The fourth-order valence-corrected chi connectivity index (χ4v) is 3.41. The zero-order chi connectivity index (χ0) is 18.3. The third-order valence-corrected chi connectivity index (χ3v) is 4.57. The summed E-state index contributed by atoms with van der Waals surface area (Å²) in [6, 6.07) is 12.0. The maximum Gasteiger partial charge on any atom is 0.290 e. The number of rotatable bonds is 4. The van der Waals surface area contributed by atoms with Crippen LogP contribution in [0.3, 0.4) is 0 Å². The molecular formula is C20H16FNO4. The molecule has 132 valence electrons. The van der Waals surface area contributed by atoms with Gasteiger partial charge in [0.05, 0.1) is 23.6 Å². The lowest BCUT2D eigenvalue weighted by Gasteiger charge is -2.24. The van der Waals surface area contributed by atoms with Gasteiger partial charge >= 0.3 is 0 Å². The van der Waals surface area contributed by atoms with Gasteiger partial charge in [0, 0.05) is 13.7 Å². The number of hydrogen-bond donors (Lipinski definition) is 0. The minimum atomic E-state index is -0.704. The van der Waals surface area contributed by atoms with Crippen molar-refractivity contribution in [2.75, 3.05) is 20.3 Å². The number of fused-ring (bicyclic) bond motifs is 2. The molecule has 0 saturated carbocycles. The van der Waals surface area contributed by atoms with Gasteiger partial charge in [-0.25, -0.2) is 4.39 Å². The van der Waals surface area contributed by atoms with Crippen molar-refractivity contribution in [2.45, 2.75) is 6.04 Å². The van der Waals surface area contributed by atoms with Crippen molar-refractivity contribution in [2.24, 2.45) is 0 Å². The Morgan fingerprint density at radius 3 is 2.73 bits per heavy atom. The van der Waals surface area contributed by atoms with Crippen molar-refractivity contribution >= 4 is 16.9 Å². The van der Waals surface area contributed by atoms with Gasteiger partial charge in [0.2, 0.25) is 5.76 Å². The van der Waals surface area contributed by atoms with Gasteiger partial charge in [0.1, 0.15) is 11.4 Å². The molecule has 6 heteroatoms. The molecule has 0 bridgehead atoms. The van der Waals surface area contributed by atoms with Crippen LogP contribution in [0.2, 0.25) is 0 Å². The molecule has 26 heavy (non-hydrogen) atoms. The van der Waals surface area contributed by atoms with Crippen LogP contribution in [-0.2, 0) is 4.74 Å². The Hall–Kier alpha value is -2.99. The molecule has 2 heterocycles. The van der Waals surface area contributed by atoms with Crippen LogP contribution < -0.4 is 5.43 Å². The van der Waals surface area contributed by atoms with E-state index in [0.29, 0.717) is 23.1 Å². The van der Waals surface area contributed by atoms with Crippen LogP contribution in [-0.4, -0.2) is 31.1 Å². The van der Waals surface area contributed by atoms with Gasteiger partial charge < -0.3 is 14.1 Å². The van der Waals surface area contributed by atoms with E-state index in [-0.39, 0.29) is 23.3 Å². The van der Waals surface area contributed by atoms with E-state index in [0.717, 1.165) is 0 Å². The molecule has 3 aromatic rings. The van der Waals surface area contributed by atoms with Crippen LogP contribution in [0.5, 0.6) is 0 Å². The highest BCUT2D eigenvalue weighted by atomic mass is 19.1. The average Bonchev–Trinajstić information content (AvgIpc) is 2.93. The molecule has 1 amide bonds. The monoisotopic (exact) mass is 353 g/mol. The van der Waals surface area contributed by atoms with E-state index in [4.69, 9.17) is 9.15 Å². The number of ether oxygens (including phenoxy) is 1. The Balaban J connectivity index is 1.97. The lowest BCUT2D eigenvalue weighted by Crippen LogP contribution is -2.32. The van der Waals surface area contributed by atoms with E-state index in [1.54, 1.807) is 36.4 Å². The standard InChI is InChI=1S/C20H16FNO4/c1-25-10-9-22-17(12-5-4-6-13(21)11-12)16-18(23)14-7-2-3-8-15(14)26-19(16)20(22)24/h2-8,11,17H,9-10H2,1H3/t17-/m0/s1. The molecule has 0 fully saturated rings. The quantitative estimate of drug-likeness (QED) is 0.723. The number of amides is 1. The van der Waals surface area contributed by atoms with Gasteiger partial charge in [-0.3, -0.25) is 9.59 Å². The summed E-state index contributed by atoms with van der Waals surface area (Å²) in [7, 11) is 1.53. The van der Waals surface area contributed by atoms with Crippen molar-refractivity contribution in [1.29, 1.82) is 0 Å². The highest BCUT2D eigenvalue weighted by Crippen LogP contribution is 2.37. The van der Waals surface area contributed by atoms with Crippen LogP contribution in [0.1, 0.15) is 27.7 Å². The summed E-state index contributed by atoms with van der Waals surface area (Å²) in [4.78, 5) is 27.5. The van der Waals surface area contributed by atoms with Gasteiger partial charge in [0.15, 0.2) is 5.43 Å². The molecule has 4 rings (SSSR count). The third kappa shape index (κ3) is 2.50. The molecule has 1 aliphatic rings. The summed E-state index contributed by atoms with van der Waals surface area (Å²) >= 11 is 0. The summed E-state index contributed by atoms with van der Waals surface area (Å²) < 4.78 is 24.7. The van der Waals surface area contributed by atoms with E-state index >= 15 is 0 Å². The van der Waals surface area contributed by atoms with Crippen molar-refractivity contribution in [3.8, 4) is 0 Å². The second kappa shape index (κ2) is 6.38. The first kappa shape index (κ1) is 16.5. The number of hydrogen-bond acceptors (Lipinski definition) is 4. The molecule has 2 aromatic carbocycles. The minimum absolute atomic E-state index is 0.0130. The summed E-state index contributed by atoms with van der Waals surface area (Å²) in [5, 5.41) is 0.397. The highest BCUT2D eigenvalue weighted by molar-refractivity contribution is 5.99. The lowest BCUT2D eigenvalue weighted by molar-refractivity contribution is 0.0663. The Morgan fingerprint density at radius 1 is 1.15 bits per heavy atom. The van der Waals surface area contributed by atoms with Gasteiger partial charge in [-0.15, -0.1) is 0 Å². The van der Waals surface area contributed by atoms with Crippen LogP contribution >= 0.6 is 0 Å². The van der Waals surface area contributed by atoms with Crippen molar-refractivity contribution < 1.29 is 18.3 Å². The third-order valence-electron chi connectivity index (χ3n) is 4.57. The van der Waals surface area contributed by atoms with Crippen LogP contribution in [0.4, 0.5) is 4.39 Å². The molecule has 1 aromatic heterocycles. The van der Waals surface area contributed by atoms with Gasteiger partial charge in [-0.2, -0.15) is 0 Å². The Bertz CT molecular complexity index is 1060. The topological polar surface area (TPSA) is 59.8 Å². The molecule has 0 N–H and O–H groups in total. The van der Waals surface area contributed by atoms with Gasteiger partial charge in [-0.05, 0) is 29.8 Å². The van der Waals surface area contributed by atoms with E-state index in [9.17, 15) is 14.0 Å². The number of carbonyl (C=O) groups is 1. The number of carbonyl (C=O) groups excluding carboxylic acids is 1. The molecule has 0 saturated heterocycles. The molecule has 1 aliphatic heterocycles. The first-order chi connectivity index (χ1) is 12.6. The maximum atomic E-state index is 13.8. The van der Waals surface area contributed by atoms with E-state index in [1.165, 1.54) is 24.1 Å². The zero-order valence-corrected chi connectivity index (χ0v) is 14.1. The van der Waals surface area contributed by atoms with Crippen LogP contribution in [0, 0.1) is 5.82 Å². The molecule has 0 unspecified atom stereocenters. The summed E-state index contributed by atoms with van der Waals surface area (Å²) in [6.45, 7) is 0.551. The molecule has 0 aliphatic carbocycles. The second-order valence-electron chi connectivity index (χ2n) is 6.12. The van der Waals surface area contributed by atoms with E-state index in [1.807, 2.05) is 0 Å². The predicted molar refractivity (Wildman–Crippen MR) is 93.6 cm³/mol. The summed E-state index contributed by atoms with van der Waals surface area (Å²) in [5.41, 5.74) is 0.853. The van der Waals surface area contributed by atoms with Gasteiger partial charge in [-0.1, -0.05) is 24.3 Å². The number of halogens is 1. The van der Waals surface area contributed by atoms with E-state index in [2.05, 4.69) is 0 Å². The Morgan fingerprint density at radius 2 is 1.96 bits per heavy atom. The molecule has 0 spiro atoms. The molecule has 1 atom stereocenters. The van der Waals surface area contributed by atoms with Crippen molar-refractivity contribution in [3.05, 3.63) is 81.5 Å². The maximum absolute atomic E-state index is 13.8. The summed E-state index contributed by atoms with van der Waals surface area (Å²) in [5.74, 6) is -0.812. The number of benzene rings is 2. The highest BCUT2D eigenvalue weighted by Gasteiger charge is 2.42. The zero-order valence-electron chi connectivity index (χ0n) is 14.1. The predicted octanol–water partition coefficient (Wildman–Crippen LogP) is 3.12. The normalized spacial score (nSPS) is 16.3. The second-order valence-corrected chi connectivity index (χ2v) is 6.12. The minimum Gasteiger partial charge on any atom is -0.450 e. The number of methoxy groups -OCH3 is 1. The fourth-order valence-electron chi connectivity index (χ4n) is 3.41. The Kier molecular flexibility index (Phi) is 4.05. The number of para-hydroxylation sites is 1. The molecular weight excluding hydrogens is 337 g/mol. The molecule has 0 radical (unpaired) electrons. The first-order valence-corrected chi connectivity index (χ1v) is 8.23. The first-order valence-electron chi connectivity index (χ1n) is 8.23. The average molecular weight is 353 g/mol. The Labute approximate surface area is 148 Å². The van der Waals surface area contributed by atoms with Crippen LogP contribution in [0.15, 0.2) is 57.7 Å². The smallest absolute Gasteiger partial charge is 0.290 e. The van der Waals surface area contributed by atoms with Gasteiger partial charge in [0.25, 0.3) is 5.91 Å². The number of nitrogens with zero attached hydrogens (tertiary/aromatic N) is 1. The fraction of sp³-hybridized carbons (Fsp3) is 0.200. The van der Waals surface area contributed by atoms with Crippen molar-refractivity contribution in [1.82, 2.24) is 4.90 Å². The van der Waals surface area contributed by atoms with E-state index < -0.39 is 17.8 Å². The summed E-state index contributed by atoms with van der Waals surface area (Å²) in [6.07, 6.45) is 0. The largest absolute Gasteiger partial charge is 0.450 e. The SMILES string of the molecule is COCCN1C(=O)c2oc3ccccc3c(=O)c2[C@@H]1c1cccc(F)c1.